The Labute approximate surface area is 56.7 Å². The second-order valence-corrected chi connectivity index (χ2v) is 2.63. The summed E-state index contributed by atoms with van der Waals surface area (Å²) in [5, 5.41) is 0. The van der Waals surface area contributed by atoms with Gasteiger partial charge in [-0.1, -0.05) is 11.6 Å². The highest BCUT2D eigenvalue weighted by atomic mass is 16.6. The van der Waals surface area contributed by atoms with E-state index in [-0.39, 0.29) is 0 Å². The van der Waals surface area contributed by atoms with E-state index in [9.17, 15) is 0 Å². The predicted octanol–water partition coefficient (Wildman–Crippen LogP) is 2.13. The molecule has 0 spiro atoms. The quantitative estimate of drug-likeness (QED) is 0.417. The van der Waals surface area contributed by atoms with Crippen molar-refractivity contribution in [3.63, 3.8) is 0 Å². The molecule has 0 saturated carbocycles. The molecule has 0 aromatic carbocycles. The van der Waals surface area contributed by atoms with Crippen molar-refractivity contribution in [2.75, 3.05) is 6.61 Å². The molecule has 0 radical (unpaired) electrons. The van der Waals surface area contributed by atoms with Gasteiger partial charge < -0.3 is 4.74 Å². The van der Waals surface area contributed by atoms with Gasteiger partial charge in [-0.15, -0.1) is 0 Å². The van der Waals surface area contributed by atoms with Crippen molar-refractivity contribution in [3.05, 3.63) is 11.6 Å². The van der Waals surface area contributed by atoms with Gasteiger partial charge in [0.15, 0.2) is 0 Å². The Balaban J connectivity index is 2.03. The summed E-state index contributed by atoms with van der Waals surface area (Å²) in [5.41, 5.74) is 1.48. The lowest BCUT2D eigenvalue weighted by atomic mass is 10.1. The minimum atomic E-state index is 0.597. The van der Waals surface area contributed by atoms with Crippen molar-refractivity contribution in [1.29, 1.82) is 0 Å². The van der Waals surface area contributed by atoms with Gasteiger partial charge in [0.05, 0.1) is 12.7 Å². The summed E-state index contributed by atoms with van der Waals surface area (Å²) in [5.74, 6) is 0. The molecule has 1 unspecified atom stereocenters. The van der Waals surface area contributed by atoms with Crippen LogP contribution in [0.4, 0.5) is 0 Å². The third kappa shape index (κ3) is 2.66. The highest BCUT2D eigenvalue weighted by Crippen LogP contribution is 2.17. The molecule has 1 nitrogen and oxygen atoms in total. The molecule has 52 valence electrons. The fourth-order valence-corrected chi connectivity index (χ4v) is 0.768. The number of allylic oxidation sites excluding steroid dienone is 2. The molecule has 1 aliphatic rings. The van der Waals surface area contributed by atoms with Crippen LogP contribution in [0.1, 0.15) is 26.7 Å². The van der Waals surface area contributed by atoms with Crippen molar-refractivity contribution in [2.45, 2.75) is 32.8 Å². The molecule has 0 bridgehead atoms. The van der Waals surface area contributed by atoms with Gasteiger partial charge in [0, 0.05) is 0 Å². The molecule has 9 heavy (non-hydrogen) atoms. The summed E-state index contributed by atoms with van der Waals surface area (Å²) in [6.07, 6.45) is 5.19. The smallest absolute Gasteiger partial charge is 0.0813 e. The Hall–Kier alpha value is -0.300. The Kier molecular flexibility index (Phi) is 2.29. The molecule has 0 N–H and O–H groups in total. The average Bonchev–Trinajstić information content (AvgIpc) is 2.65. The molecule has 1 heteroatoms. The number of hydrogen-bond donors (Lipinski definition) is 0. The van der Waals surface area contributed by atoms with Gasteiger partial charge in [-0.05, 0) is 26.7 Å². The summed E-state index contributed by atoms with van der Waals surface area (Å²) < 4.78 is 5.08. The zero-order valence-corrected chi connectivity index (χ0v) is 6.18. The SMILES string of the molecule is CC=C(C)CCC1CO1. The lowest BCUT2D eigenvalue weighted by molar-refractivity contribution is 0.396. The maximum absolute atomic E-state index is 5.08. The standard InChI is InChI=1S/C8H14O/c1-3-7(2)4-5-8-6-9-8/h3,8H,4-6H2,1-2H3. The summed E-state index contributed by atoms with van der Waals surface area (Å²) in [4.78, 5) is 0. The van der Waals surface area contributed by atoms with Gasteiger partial charge in [-0.3, -0.25) is 0 Å². The van der Waals surface area contributed by atoms with Crippen molar-refractivity contribution >= 4 is 0 Å². The van der Waals surface area contributed by atoms with Crippen molar-refractivity contribution in [3.8, 4) is 0 Å². The maximum Gasteiger partial charge on any atom is 0.0813 e. The van der Waals surface area contributed by atoms with Crippen molar-refractivity contribution in [2.24, 2.45) is 0 Å². The lowest BCUT2D eigenvalue weighted by Crippen LogP contribution is -1.85. The van der Waals surface area contributed by atoms with Gasteiger partial charge in [0.25, 0.3) is 0 Å². The first-order valence-corrected chi connectivity index (χ1v) is 3.56. The van der Waals surface area contributed by atoms with Gasteiger partial charge in [0.2, 0.25) is 0 Å². The maximum atomic E-state index is 5.08. The van der Waals surface area contributed by atoms with E-state index in [0.29, 0.717) is 6.10 Å². The molecule has 1 rings (SSSR count). The van der Waals surface area contributed by atoms with E-state index in [0.717, 1.165) is 6.61 Å². The summed E-state index contributed by atoms with van der Waals surface area (Å²) in [6.45, 7) is 5.25. The highest BCUT2D eigenvalue weighted by Gasteiger charge is 2.21. The van der Waals surface area contributed by atoms with Crippen molar-refractivity contribution < 1.29 is 4.74 Å². The number of rotatable bonds is 3. The van der Waals surface area contributed by atoms with Crippen LogP contribution in [-0.2, 0) is 4.74 Å². The van der Waals surface area contributed by atoms with Gasteiger partial charge in [-0.25, -0.2) is 0 Å². The fraction of sp³-hybridized carbons (Fsp3) is 0.750. The molecular formula is C8H14O. The largest absolute Gasteiger partial charge is 0.373 e. The van der Waals surface area contributed by atoms with E-state index in [1.807, 2.05) is 0 Å². The zero-order chi connectivity index (χ0) is 6.69. The monoisotopic (exact) mass is 126 g/mol. The van der Waals surface area contributed by atoms with Crippen LogP contribution in [0.15, 0.2) is 11.6 Å². The van der Waals surface area contributed by atoms with Crippen LogP contribution in [0.25, 0.3) is 0 Å². The van der Waals surface area contributed by atoms with Gasteiger partial charge >= 0.3 is 0 Å². The number of epoxide rings is 1. The molecule has 1 saturated heterocycles. The lowest BCUT2D eigenvalue weighted by Gasteiger charge is -1.94. The van der Waals surface area contributed by atoms with Crippen LogP contribution in [-0.4, -0.2) is 12.7 Å². The summed E-state index contributed by atoms with van der Waals surface area (Å²) >= 11 is 0. The van der Waals surface area contributed by atoms with Crippen LogP contribution >= 0.6 is 0 Å². The third-order valence-electron chi connectivity index (χ3n) is 1.76. The Morgan fingerprint density at radius 1 is 1.78 bits per heavy atom. The Morgan fingerprint density at radius 2 is 2.44 bits per heavy atom. The van der Waals surface area contributed by atoms with Crippen LogP contribution in [0.3, 0.4) is 0 Å². The van der Waals surface area contributed by atoms with E-state index in [1.165, 1.54) is 18.4 Å². The first-order valence-electron chi connectivity index (χ1n) is 3.56. The summed E-state index contributed by atoms with van der Waals surface area (Å²) in [6, 6.07) is 0. The molecule has 0 aromatic heterocycles. The van der Waals surface area contributed by atoms with Crippen LogP contribution in [0.5, 0.6) is 0 Å². The van der Waals surface area contributed by atoms with E-state index in [4.69, 9.17) is 4.74 Å². The van der Waals surface area contributed by atoms with Crippen molar-refractivity contribution in [1.82, 2.24) is 0 Å². The zero-order valence-electron chi connectivity index (χ0n) is 6.18. The molecule has 1 aliphatic heterocycles. The second-order valence-electron chi connectivity index (χ2n) is 2.63. The molecular weight excluding hydrogens is 112 g/mol. The van der Waals surface area contributed by atoms with E-state index in [1.54, 1.807) is 0 Å². The normalized spacial score (nSPS) is 26.4. The molecule has 0 amide bonds. The Bertz CT molecular complexity index is 112. The Morgan fingerprint density at radius 3 is 2.89 bits per heavy atom. The average molecular weight is 126 g/mol. The van der Waals surface area contributed by atoms with E-state index >= 15 is 0 Å². The summed E-state index contributed by atoms with van der Waals surface area (Å²) in [7, 11) is 0. The van der Waals surface area contributed by atoms with E-state index < -0.39 is 0 Å². The van der Waals surface area contributed by atoms with Crippen LogP contribution in [0.2, 0.25) is 0 Å². The molecule has 0 aromatic rings. The topological polar surface area (TPSA) is 12.5 Å². The first kappa shape index (κ1) is 6.81. The molecule has 1 heterocycles. The first-order chi connectivity index (χ1) is 4.33. The molecule has 0 aliphatic carbocycles. The number of hydrogen-bond acceptors (Lipinski definition) is 1. The highest BCUT2D eigenvalue weighted by molar-refractivity contribution is 4.96. The van der Waals surface area contributed by atoms with Crippen LogP contribution in [0, 0.1) is 0 Å². The van der Waals surface area contributed by atoms with E-state index in [2.05, 4.69) is 19.9 Å². The predicted molar refractivity (Wildman–Crippen MR) is 38.4 cm³/mol. The number of ether oxygens (including phenoxy) is 1. The van der Waals surface area contributed by atoms with Crippen LogP contribution < -0.4 is 0 Å². The third-order valence-corrected chi connectivity index (χ3v) is 1.76. The van der Waals surface area contributed by atoms with Gasteiger partial charge in [-0.2, -0.15) is 0 Å². The van der Waals surface area contributed by atoms with Gasteiger partial charge in [0.1, 0.15) is 0 Å². The second kappa shape index (κ2) is 3.02. The molecule has 1 atom stereocenters. The minimum absolute atomic E-state index is 0.597. The minimum Gasteiger partial charge on any atom is -0.373 e. The fourth-order valence-electron chi connectivity index (χ4n) is 0.768. The molecule has 1 fully saturated rings.